The molecule has 2 fully saturated rings. The van der Waals surface area contributed by atoms with Crippen molar-refractivity contribution in [2.75, 3.05) is 32.7 Å². The Balaban J connectivity index is 1.81. The third-order valence-electron chi connectivity index (χ3n) is 4.47. The Hall–Kier alpha value is -0.610. The molecule has 0 aromatic rings. The Morgan fingerprint density at radius 1 is 1.00 bits per heavy atom. The van der Waals surface area contributed by atoms with E-state index >= 15 is 0 Å². The highest BCUT2D eigenvalue weighted by atomic mass is 16.3. The van der Waals surface area contributed by atoms with E-state index in [0.717, 1.165) is 58.3 Å². The highest BCUT2D eigenvalue weighted by molar-refractivity contribution is 5.78. The van der Waals surface area contributed by atoms with Crippen LogP contribution in [0.2, 0.25) is 0 Å². The summed E-state index contributed by atoms with van der Waals surface area (Å²) in [7, 11) is 0. The Labute approximate surface area is 116 Å². The smallest absolute Gasteiger partial charge is 0.236 e. The molecule has 4 heteroatoms. The lowest BCUT2D eigenvalue weighted by Crippen LogP contribution is -2.41. The van der Waals surface area contributed by atoms with Crippen LogP contribution in [0, 0.1) is 0 Å². The predicted octanol–water partition coefficient (Wildman–Crippen LogP) is 1.63. The molecule has 110 valence electrons. The maximum Gasteiger partial charge on any atom is 0.236 e. The number of carbonyl (C=O) groups is 1. The predicted molar refractivity (Wildman–Crippen MR) is 76.0 cm³/mol. The minimum atomic E-state index is -0.541. The van der Waals surface area contributed by atoms with Gasteiger partial charge in [0.25, 0.3) is 0 Å². The molecule has 0 aliphatic carbocycles. The SMILES string of the molecule is CC1(O)CCCN(CC(=O)N2CCCCCC2)CC1. The number of nitrogens with zero attached hydrogens (tertiary/aromatic N) is 2. The van der Waals surface area contributed by atoms with Crippen molar-refractivity contribution in [2.45, 2.75) is 57.5 Å². The number of likely N-dealkylation sites (tertiary alicyclic amines) is 2. The summed E-state index contributed by atoms with van der Waals surface area (Å²) in [5, 5.41) is 10.1. The first-order chi connectivity index (χ1) is 9.07. The van der Waals surface area contributed by atoms with Crippen LogP contribution in [0.25, 0.3) is 0 Å². The lowest BCUT2D eigenvalue weighted by Gasteiger charge is -2.26. The van der Waals surface area contributed by atoms with Crippen LogP contribution in [0.5, 0.6) is 0 Å². The number of hydrogen-bond acceptors (Lipinski definition) is 3. The number of hydrogen-bond donors (Lipinski definition) is 1. The second kappa shape index (κ2) is 6.71. The Morgan fingerprint density at radius 3 is 2.37 bits per heavy atom. The van der Waals surface area contributed by atoms with E-state index in [0.29, 0.717) is 6.54 Å². The molecule has 1 unspecified atom stereocenters. The van der Waals surface area contributed by atoms with Gasteiger partial charge in [-0.25, -0.2) is 0 Å². The van der Waals surface area contributed by atoms with Gasteiger partial charge in [0.2, 0.25) is 5.91 Å². The molecule has 0 spiro atoms. The molecule has 19 heavy (non-hydrogen) atoms. The normalized spacial score (nSPS) is 30.7. The molecule has 2 aliphatic rings. The zero-order valence-corrected chi connectivity index (χ0v) is 12.2. The summed E-state index contributed by atoms with van der Waals surface area (Å²) < 4.78 is 0. The number of aliphatic hydroxyl groups is 1. The van der Waals surface area contributed by atoms with E-state index in [-0.39, 0.29) is 5.91 Å². The third-order valence-corrected chi connectivity index (χ3v) is 4.47. The molecule has 1 N–H and O–H groups in total. The second-order valence-corrected chi connectivity index (χ2v) is 6.42. The Bertz CT molecular complexity index is 297. The summed E-state index contributed by atoms with van der Waals surface area (Å²) in [5.41, 5.74) is -0.541. The van der Waals surface area contributed by atoms with E-state index < -0.39 is 5.60 Å². The van der Waals surface area contributed by atoms with Gasteiger partial charge in [0, 0.05) is 19.6 Å². The quantitative estimate of drug-likeness (QED) is 0.828. The van der Waals surface area contributed by atoms with Crippen molar-refractivity contribution >= 4 is 5.91 Å². The van der Waals surface area contributed by atoms with Gasteiger partial charge in [-0.2, -0.15) is 0 Å². The van der Waals surface area contributed by atoms with E-state index in [2.05, 4.69) is 4.90 Å². The highest BCUT2D eigenvalue weighted by Crippen LogP contribution is 2.21. The van der Waals surface area contributed by atoms with Crippen LogP contribution < -0.4 is 0 Å². The van der Waals surface area contributed by atoms with Crippen molar-refractivity contribution in [3.8, 4) is 0 Å². The maximum absolute atomic E-state index is 12.3. The lowest BCUT2D eigenvalue weighted by atomic mass is 9.98. The minimum Gasteiger partial charge on any atom is -0.390 e. The summed E-state index contributed by atoms with van der Waals surface area (Å²) in [4.78, 5) is 16.6. The first kappa shape index (κ1) is 14.8. The first-order valence-electron chi connectivity index (χ1n) is 7.79. The van der Waals surface area contributed by atoms with Crippen molar-refractivity contribution in [2.24, 2.45) is 0 Å². The molecular weight excluding hydrogens is 240 g/mol. The van der Waals surface area contributed by atoms with Crippen LogP contribution in [0.1, 0.15) is 51.9 Å². The summed E-state index contributed by atoms with van der Waals surface area (Å²) in [6.45, 7) is 6.10. The van der Waals surface area contributed by atoms with Gasteiger partial charge < -0.3 is 10.0 Å². The fourth-order valence-corrected chi connectivity index (χ4v) is 3.09. The van der Waals surface area contributed by atoms with Crippen molar-refractivity contribution in [1.82, 2.24) is 9.80 Å². The van der Waals surface area contributed by atoms with Crippen molar-refractivity contribution in [3.05, 3.63) is 0 Å². The van der Waals surface area contributed by atoms with Gasteiger partial charge in [0.1, 0.15) is 0 Å². The maximum atomic E-state index is 12.3. The molecule has 0 radical (unpaired) electrons. The number of amides is 1. The summed E-state index contributed by atoms with van der Waals surface area (Å²) in [6.07, 6.45) is 7.44. The molecule has 0 aromatic carbocycles. The average molecular weight is 268 g/mol. The van der Waals surface area contributed by atoms with Crippen molar-refractivity contribution in [1.29, 1.82) is 0 Å². The largest absolute Gasteiger partial charge is 0.390 e. The highest BCUT2D eigenvalue weighted by Gasteiger charge is 2.26. The standard InChI is InChI=1S/C15H28N2O2/c1-15(19)7-6-9-16(12-8-15)13-14(18)17-10-4-2-3-5-11-17/h19H,2-13H2,1H3. The van der Waals surface area contributed by atoms with Gasteiger partial charge in [0.05, 0.1) is 12.1 Å². The van der Waals surface area contributed by atoms with Crippen LogP contribution >= 0.6 is 0 Å². The molecule has 1 amide bonds. The summed E-state index contributed by atoms with van der Waals surface area (Å²) >= 11 is 0. The zero-order valence-electron chi connectivity index (χ0n) is 12.2. The molecule has 1 atom stereocenters. The zero-order chi connectivity index (χ0) is 13.7. The van der Waals surface area contributed by atoms with Gasteiger partial charge in [-0.05, 0) is 45.6 Å². The van der Waals surface area contributed by atoms with Gasteiger partial charge in [-0.3, -0.25) is 9.69 Å². The third kappa shape index (κ3) is 4.77. The number of rotatable bonds is 2. The summed E-state index contributed by atoms with van der Waals surface area (Å²) in [6, 6.07) is 0. The molecule has 0 aromatic heterocycles. The van der Waals surface area contributed by atoms with Crippen molar-refractivity contribution < 1.29 is 9.90 Å². The first-order valence-corrected chi connectivity index (χ1v) is 7.79. The molecule has 0 bridgehead atoms. The molecule has 2 heterocycles. The van der Waals surface area contributed by atoms with Crippen LogP contribution in [-0.2, 0) is 4.79 Å². The molecular formula is C15H28N2O2. The van der Waals surface area contributed by atoms with Crippen LogP contribution in [0.4, 0.5) is 0 Å². The van der Waals surface area contributed by atoms with E-state index in [1.807, 2.05) is 11.8 Å². The Kier molecular flexibility index (Phi) is 5.22. The van der Waals surface area contributed by atoms with Crippen LogP contribution in [0.15, 0.2) is 0 Å². The number of carbonyl (C=O) groups excluding carboxylic acids is 1. The molecule has 4 nitrogen and oxygen atoms in total. The van der Waals surface area contributed by atoms with Gasteiger partial charge in [0.15, 0.2) is 0 Å². The van der Waals surface area contributed by atoms with Gasteiger partial charge in [-0.15, -0.1) is 0 Å². The second-order valence-electron chi connectivity index (χ2n) is 6.42. The molecule has 0 saturated carbocycles. The van der Waals surface area contributed by atoms with E-state index in [1.54, 1.807) is 0 Å². The molecule has 2 saturated heterocycles. The lowest BCUT2D eigenvalue weighted by molar-refractivity contribution is -0.132. The van der Waals surface area contributed by atoms with Crippen LogP contribution in [-0.4, -0.2) is 59.1 Å². The molecule has 2 rings (SSSR count). The topological polar surface area (TPSA) is 43.8 Å². The molecule has 2 aliphatic heterocycles. The van der Waals surface area contributed by atoms with Crippen LogP contribution in [0.3, 0.4) is 0 Å². The van der Waals surface area contributed by atoms with E-state index in [9.17, 15) is 9.90 Å². The van der Waals surface area contributed by atoms with E-state index in [1.165, 1.54) is 12.8 Å². The fourth-order valence-electron chi connectivity index (χ4n) is 3.09. The van der Waals surface area contributed by atoms with Crippen molar-refractivity contribution in [3.63, 3.8) is 0 Å². The Morgan fingerprint density at radius 2 is 1.68 bits per heavy atom. The average Bonchev–Trinajstić information content (AvgIpc) is 2.71. The monoisotopic (exact) mass is 268 g/mol. The fraction of sp³-hybridized carbons (Fsp3) is 0.933. The van der Waals surface area contributed by atoms with E-state index in [4.69, 9.17) is 0 Å². The van der Waals surface area contributed by atoms with Gasteiger partial charge in [-0.1, -0.05) is 12.8 Å². The summed E-state index contributed by atoms with van der Waals surface area (Å²) in [5.74, 6) is 0.281. The van der Waals surface area contributed by atoms with Gasteiger partial charge >= 0.3 is 0 Å². The minimum absolute atomic E-state index is 0.281.